The van der Waals surface area contributed by atoms with Crippen molar-refractivity contribution in [2.45, 2.75) is 24.3 Å². The molecular weight excluding hydrogens is 491 g/mol. The van der Waals surface area contributed by atoms with Crippen LogP contribution in [0.15, 0.2) is 37.3 Å². The van der Waals surface area contributed by atoms with Crippen molar-refractivity contribution in [1.29, 1.82) is 0 Å². The van der Waals surface area contributed by atoms with E-state index >= 15 is 0 Å². The lowest BCUT2D eigenvalue weighted by Gasteiger charge is -2.04. The highest BCUT2D eigenvalue weighted by Crippen LogP contribution is 2.25. The van der Waals surface area contributed by atoms with Gasteiger partial charge in [-0.3, -0.25) is 15.5 Å². The largest absolute Gasteiger partial charge is 0.300 e. The molecule has 0 spiro atoms. The average molecular weight is 509 g/mol. The second-order valence-corrected chi connectivity index (χ2v) is 10.2. The summed E-state index contributed by atoms with van der Waals surface area (Å²) in [4.78, 5) is 15.9. The molecule has 0 aliphatic carbocycles. The van der Waals surface area contributed by atoms with E-state index in [1.807, 2.05) is 5.48 Å². The maximum absolute atomic E-state index is 13.3. The highest BCUT2D eigenvalue weighted by atomic mass is 79.9. The summed E-state index contributed by atoms with van der Waals surface area (Å²) < 4.78 is 40.4. The molecule has 0 radical (unpaired) electrons. The Morgan fingerprint density at radius 2 is 2.14 bits per heavy atom. The fraction of sp³-hybridized carbons (Fsp3) is 0.375. The summed E-state index contributed by atoms with van der Waals surface area (Å²) in [6.45, 7) is 0. The fourth-order valence-electron chi connectivity index (χ4n) is 2.10. The standard InChI is InChI=1S/C16H18BrFN4O5S2/c1-29(25,26)8-6-11(23)3-2-7-28-16-14(21-27-22-16)15(20-24)19-10-4-5-13(18)12(17)9-10/h4-5,9,24H,2-3,6-8H2,1H3,(H,19,20). The lowest BCUT2D eigenvalue weighted by molar-refractivity contribution is -0.118. The first kappa shape index (κ1) is 23.4. The van der Waals surface area contributed by atoms with Crippen LogP contribution in [0.2, 0.25) is 0 Å². The molecule has 0 bridgehead atoms. The third-order valence-corrected chi connectivity index (χ3v) is 6.11. The highest BCUT2D eigenvalue weighted by molar-refractivity contribution is 9.10. The van der Waals surface area contributed by atoms with Gasteiger partial charge in [0.25, 0.3) is 0 Å². The van der Waals surface area contributed by atoms with E-state index < -0.39 is 15.7 Å². The summed E-state index contributed by atoms with van der Waals surface area (Å²) in [5, 5.41) is 17.2. The number of Topliss-reactive ketones (excluding diaryl/α,β-unsaturated/α-hetero) is 1. The molecule has 0 saturated heterocycles. The smallest absolute Gasteiger partial charge is 0.186 e. The summed E-state index contributed by atoms with van der Waals surface area (Å²) in [5.74, 6) is -0.287. The second-order valence-electron chi connectivity index (χ2n) is 5.96. The minimum atomic E-state index is -3.16. The number of carbonyl (C=O) groups is 1. The molecule has 13 heteroatoms. The number of benzene rings is 1. The number of aromatic nitrogens is 2. The molecule has 0 atom stereocenters. The zero-order valence-electron chi connectivity index (χ0n) is 15.3. The predicted molar refractivity (Wildman–Crippen MR) is 109 cm³/mol. The lowest BCUT2D eigenvalue weighted by atomic mass is 10.2. The summed E-state index contributed by atoms with van der Waals surface area (Å²) in [6, 6.07) is 4.06. The number of nitrogens with zero attached hydrogens (tertiary/aromatic N) is 3. The van der Waals surface area contributed by atoms with Crippen molar-refractivity contribution in [2.75, 3.05) is 17.8 Å². The van der Waals surface area contributed by atoms with Crippen LogP contribution in [0.5, 0.6) is 0 Å². The van der Waals surface area contributed by atoms with Crippen LogP contribution in [0.25, 0.3) is 0 Å². The van der Waals surface area contributed by atoms with Crippen LogP contribution in [0.4, 0.5) is 10.1 Å². The Kier molecular flexibility index (Phi) is 8.74. The molecule has 2 N–H and O–H groups in total. The maximum Gasteiger partial charge on any atom is 0.186 e. The molecule has 9 nitrogen and oxygen atoms in total. The van der Waals surface area contributed by atoms with E-state index in [0.29, 0.717) is 22.9 Å². The molecule has 158 valence electrons. The first-order chi connectivity index (χ1) is 13.7. The Hall–Kier alpha value is -1.83. The number of carbonyl (C=O) groups excluding carboxylic acids is 1. The van der Waals surface area contributed by atoms with Gasteiger partial charge in [0, 0.05) is 24.9 Å². The van der Waals surface area contributed by atoms with Gasteiger partial charge in [0.15, 0.2) is 16.6 Å². The van der Waals surface area contributed by atoms with Crippen LogP contribution in [0.3, 0.4) is 0 Å². The van der Waals surface area contributed by atoms with E-state index in [0.717, 1.165) is 6.26 Å². The lowest BCUT2D eigenvalue weighted by Crippen LogP contribution is -2.21. The van der Waals surface area contributed by atoms with Crippen LogP contribution in [0.1, 0.15) is 25.0 Å². The van der Waals surface area contributed by atoms with Gasteiger partial charge in [-0.2, -0.15) is 0 Å². The van der Waals surface area contributed by atoms with Gasteiger partial charge in [-0.15, -0.1) is 11.8 Å². The summed E-state index contributed by atoms with van der Waals surface area (Å²) in [7, 11) is -3.16. The molecule has 0 fully saturated rings. The van der Waals surface area contributed by atoms with E-state index in [9.17, 15) is 22.8 Å². The number of amidine groups is 1. The zero-order valence-corrected chi connectivity index (χ0v) is 18.5. The van der Waals surface area contributed by atoms with Crippen LogP contribution in [-0.2, 0) is 14.6 Å². The van der Waals surface area contributed by atoms with Gasteiger partial charge in [0.2, 0.25) is 0 Å². The number of rotatable bonds is 10. The summed E-state index contributed by atoms with van der Waals surface area (Å²) >= 11 is 4.30. The van der Waals surface area contributed by atoms with E-state index in [1.54, 1.807) is 0 Å². The monoisotopic (exact) mass is 508 g/mol. The second kappa shape index (κ2) is 10.8. The molecule has 0 aliphatic rings. The van der Waals surface area contributed by atoms with Crippen LogP contribution >= 0.6 is 27.7 Å². The quantitative estimate of drug-likeness (QED) is 0.163. The molecule has 0 unspecified atom stereocenters. The number of nitrogens with one attached hydrogen (secondary N) is 1. The Morgan fingerprint density at radius 1 is 1.38 bits per heavy atom. The van der Waals surface area contributed by atoms with Crippen molar-refractivity contribution in [2.24, 2.45) is 4.99 Å². The molecule has 1 heterocycles. The maximum atomic E-state index is 13.3. The molecule has 29 heavy (non-hydrogen) atoms. The molecule has 2 aromatic rings. The number of thioether (sulfide) groups is 1. The molecule has 2 rings (SSSR count). The van der Waals surface area contributed by atoms with E-state index in [4.69, 9.17) is 4.63 Å². The average Bonchev–Trinajstić information content (AvgIpc) is 3.12. The molecule has 0 amide bonds. The van der Waals surface area contributed by atoms with E-state index in [1.165, 1.54) is 30.0 Å². The van der Waals surface area contributed by atoms with Crippen molar-refractivity contribution >= 4 is 54.8 Å². The van der Waals surface area contributed by atoms with E-state index in [2.05, 4.69) is 31.2 Å². The Bertz CT molecular complexity index is 997. The van der Waals surface area contributed by atoms with Gasteiger partial charge in [0.1, 0.15) is 21.4 Å². The minimum absolute atomic E-state index is 0.00126. The van der Waals surface area contributed by atoms with Gasteiger partial charge in [-0.05, 0) is 50.9 Å². The van der Waals surface area contributed by atoms with Crippen molar-refractivity contribution in [3.63, 3.8) is 0 Å². The Morgan fingerprint density at radius 3 is 2.79 bits per heavy atom. The van der Waals surface area contributed by atoms with Gasteiger partial charge < -0.3 is 0 Å². The van der Waals surface area contributed by atoms with Gasteiger partial charge in [-0.25, -0.2) is 22.4 Å². The molecule has 0 aliphatic heterocycles. The van der Waals surface area contributed by atoms with Crippen LogP contribution < -0.4 is 5.48 Å². The molecule has 1 aromatic carbocycles. The highest BCUT2D eigenvalue weighted by Gasteiger charge is 2.17. The topological polar surface area (TPSA) is 135 Å². The number of ketones is 1. The number of aliphatic imine (C=N–C) groups is 1. The van der Waals surface area contributed by atoms with Crippen molar-refractivity contribution in [1.82, 2.24) is 15.8 Å². The van der Waals surface area contributed by atoms with Gasteiger partial charge in [0.05, 0.1) is 15.9 Å². The Balaban J connectivity index is 1.96. The SMILES string of the molecule is CS(=O)(=O)CCC(=O)CCCSc1nonc1C(=Nc1ccc(F)c(Br)c1)NO. The van der Waals surface area contributed by atoms with Crippen molar-refractivity contribution in [3.8, 4) is 0 Å². The van der Waals surface area contributed by atoms with Crippen LogP contribution in [0, 0.1) is 5.82 Å². The minimum Gasteiger partial charge on any atom is -0.300 e. The fourth-order valence-corrected chi connectivity index (χ4v) is 3.90. The summed E-state index contributed by atoms with van der Waals surface area (Å²) in [5.41, 5.74) is 2.43. The van der Waals surface area contributed by atoms with Gasteiger partial charge >= 0.3 is 0 Å². The van der Waals surface area contributed by atoms with Crippen LogP contribution in [-0.4, -0.2) is 53.3 Å². The van der Waals surface area contributed by atoms with Gasteiger partial charge in [-0.1, -0.05) is 0 Å². The van der Waals surface area contributed by atoms with E-state index in [-0.39, 0.29) is 40.4 Å². The first-order valence-electron chi connectivity index (χ1n) is 8.28. The third kappa shape index (κ3) is 7.84. The number of sulfone groups is 1. The summed E-state index contributed by atoms with van der Waals surface area (Å²) in [6.07, 6.45) is 1.84. The van der Waals surface area contributed by atoms with Crippen molar-refractivity contribution < 1.29 is 27.4 Å². The normalized spacial score (nSPS) is 12.2. The predicted octanol–water partition coefficient (Wildman–Crippen LogP) is 2.90. The number of hydroxylamine groups is 1. The number of hydrogen-bond acceptors (Lipinski definition) is 9. The molecule has 0 saturated carbocycles. The molecular formula is C16H18BrFN4O5S2. The number of hydrogen-bond donors (Lipinski definition) is 2. The first-order valence-corrected chi connectivity index (χ1v) is 12.1. The zero-order chi connectivity index (χ0) is 21.4. The van der Waals surface area contributed by atoms with Crippen molar-refractivity contribution in [3.05, 3.63) is 34.2 Å². The molecule has 1 aromatic heterocycles. The Labute approximate surface area is 179 Å². The number of halogens is 2. The third-order valence-electron chi connectivity index (χ3n) is 3.52.